The third-order valence-electron chi connectivity index (χ3n) is 8.92. The summed E-state index contributed by atoms with van der Waals surface area (Å²) >= 11 is 0. The Hall–Kier alpha value is -1.52. The van der Waals surface area contributed by atoms with Gasteiger partial charge in [-0.25, -0.2) is 0 Å². The van der Waals surface area contributed by atoms with Gasteiger partial charge in [0.2, 0.25) is 0 Å². The second-order valence-corrected chi connectivity index (χ2v) is 11.5. The highest BCUT2D eigenvalue weighted by molar-refractivity contribution is 5.30. The zero-order chi connectivity index (χ0) is 23.7. The number of fused-ring (bicyclic) bond motifs is 1. The zero-order valence-electron chi connectivity index (χ0n) is 20.7. The van der Waals surface area contributed by atoms with Crippen molar-refractivity contribution in [2.75, 3.05) is 0 Å². The third-order valence-corrected chi connectivity index (χ3v) is 8.92. The Morgan fingerprint density at radius 3 is 2.56 bits per heavy atom. The highest BCUT2D eigenvalue weighted by Gasteiger charge is 2.50. The minimum absolute atomic E-state index is 0.134. The zero-order valence-corrected chi connectivity index (χ0v) is 20.7. The summed E-state index contributed by atoms with van der Waals surface area (Å²) in [7, 11) is 0. The number of aliphatic hydroxyl groups is 2. The molecule has 0 radical (unpaired) electrons. The van der Waals surface area contributed by atoms with Crippen LogP contribution in [0.25, 0.3) is 0 Å². The van der Waals surface area contributed by atoms with Gasteiger partial charge in [0.1, 0.15) is 6.04 Å². The lowest BCUT2D eigenvalue weighted by atomic mass is 9.61. The molecule has 0 saturated heterocycles. The molecule has 178 valence electrons. The molecule has 4 heteroatoms. The highest BCUT2D eigenvalue weighted by Crippen LogP contribution is 2.59. The Bertz CT molecular complexity index is 802. The Morgan fingerprint density at radius 1 is 1.19 bits per heavy atom. The summed E-state index contributed by atoms with van der Waals surface area (Å²) in [6, 6.07) is -0.505. The lowest BCUT2D eigenvalue weighted by Crippen LogP contribution is -2.35. The first kappa shape index (κ1) is 25.1. The van der Waals surface area contributed by atoms with Crippen molar-refractivity contribution in [3.63, 3.8) is 0 Å². The minimum atomic E-state index is -0.690. The van der Waals surface area contributed by atoms with Crippen LogP contribution in [0.1, 0.15) is 79.6 Å². The Labute approximate surface area is 194 Å². The van der Waals surface area contributed by atoms with Crippen LogP contribution in [0.5, 0.6) is 0 Å². The van der Waals surface area contributed by atoms with Crippen LogP contribution < -0.4 is 0 Å². The van der Waals surface area contributed by atoms with Crippen molar-refractivity contribution in [1.29, 1.82) is 0 Å². The van der Waals surface area contributed by atoms with E-state index in [1.165, 1.54) is 31.3 Å². The standard InChI is InChI=1S/C28H43NO3/c1-18(9-10-19(2)27(4,5)31)23-13-14-24-22(8-7-15-28(23,24)6)12-11-21-16-25(29-32)20(3)26(30)17-21/h9-12,18-19,23-26,30-31H,3,7-8,13-17H2,1-2,4-6H3/b10-9+,21-11-,22-12+/t18-,19?,23?,24+,25-,26?,28-/m1/s1. The largest absolute Gasteiger partial charge is 0.390 e. The van der Waals surface area contributed by atoms with Crippen LogP contribution in [-0.4, -0.2) is 28.0 Å². The van der Waals surface area contributed by atoms with E-state index in [4.69, 9.17) is 0 Å². The Balaban J connectivity index is 1.75. The van der Waals surface area contributed by atoms with Crippen molar-refractivity contribution in [2.45, 2.75) is 97.3 Å². The second kappa shape index (κ2) is 9.77. The molecule has 3 unspecified atom stereocenters. The first-order valence-corrected chi connectivity index (χ1v) is 12.5. The number of allylic oxidation sites excluding steroid dienone is 4. The van der Waals surface area contributed by atoms with E-state index in [9.17, 15) is 15.1 Å². The van der Waals surface area contributed by atoms with E-state index in [1.54, 1.807) is 0 Å². The molecule has 32 heavy (non-hydrogen) atoms. The normalized spacial score (nSPS) is 38.3. The summed E-state index contributed by atoms with van der Waals surface area (Å²) in [5, 5.41) is 23.7. The first-order chi connectivity index (χ1) is 15.0. The van der Waals surface area contributed by atoms with E-state index in [0.717, 1.165) is 12.0 Å². The lowest BCUT2D eigenvalue weighted by molar-refractivity contribution is 0.0436. The van der Waals surface area contributed by atoms with E-state index < -0.39 is 17.7 Å². The maximum atomic E-state index is 11.1. The molecule has 3 rings (SSSR count). The van der Waals surface area contributed by atoms with Crippen LogP contribution in [0.15, 0.2) is 52.8 Å². The second-order valence-electron chi connectivity index (χ2n) is 11.5. The molecule has 3 saturated carbocycles. The van der Waals surface area contributed by atoms with Crippen molar-refractivity contribution < 1.29 is 10.2 Å². The molecule has 0 bridgehead atoms. The molecular weight excluding hydrogens is 398 g/mol. The first-order valence-electron chi connectivity index (χ1n) is 12.5. The molecule has 3 aliphatic rings. The summed E-state index contributed by atoms with van der Waals surface area (Å²) in [4.78, 5) is 11.1. The van der Waals surface area contributed by atoms with Crippen molar-refractivity contribution in [1.82, 2.24) is 0 Å². The fourth-order valence-corrected chi connectivity index (χ4v) is 6.39. The number of hydrogen-bond donors (Lipinski definition) is 2. The molecule has 0 aromatic rings. The Kier molecular flexibility index (Phi) is 7.66. The molecule has 3 fully saturated rings. The minimum Gasteiger partial charge on any atom is -0.390 e. The molecule has 0 aliphatic heterocycles. The van der Waals surface area contributed by atoms with E-state index >= 15 is 0 Å². The monoisotopic (exact) mass is 441 g/mol. The van der Waals surface area contributed by atoms with Gasteiger partial charge in [0.15, 0.2) is 0 Å². The summed E-state index contributed by atoms with van der Waals surface area (Å²) in [5.74, 6) is 1.88. The van der Waals surface area contributed by atoms with Gasteiger partial charge in [-0.2, -0.15) is 4.91 Å². The lowest BCUT2D eigenvalue weighted by Gasteiger charge is -2.44. The van der Waals surface area contributed by atoms with Crippen LogP contribution in [-0.2, 0) is 0 Å². The van der Waals surface area contributed by atoms with Gasteiger partial charge in [-0.05, 0) is 87.5 Å². The molecule has 0 amide bonds. The van der Waals surface area contributed by atoms with Gasteiger partial charge < -0.3 is 10.2 Å². The number of aliphatic hydroxyl groups excluding tert-OH is 1. The fraction of sp³-hybridized carbons (Fsp3) is 0.714. The molecule has 3 aliphatic carbocycles. The van der Waals surface area contributed by atoms with Crippen molar-refractivity contribution >= 4 is 0 Å². The summed E-state index contributed by atoms with van der Waals surface area (Å²) < 4.78 is 0. The maximum Gasteiger partial charge on any atom is 0.119 e. The van der Waals surface area contributed by atoms with Crippen molar-refractivity contribution in [3.05, 3.63) is 52.5 Å². The molecule has 2 N–H and O–H groups in total. The van der Waals surface area contributed by atoms with Gasteiger partial charge >= 0.3 is 0 Å². The van der Waals surface area contributed by atoms with E-state index in [-0.39, 0.29) is 5.92 Å². The molecule has 7 atom stereocenters. The average Bonchev–Trinajstić information content (AvgIpc) is 3.09. The van der Waals surface area contributed by atoms with Crippen LogP contribution in [0.4, 0.5) is 0 Å². The van der Waals surface area contributed by atoms with Crippen LogP contribution in [0.2, 0.25) is 0 Å². The number of nitrogens with zero attached hydrogens (tertiary/aromatic N) is 1. The highest BCUT2D eigenvalue weighted by atomic mass is 16.3. The van der Waals surface area contributed by atoms with Gasteiger partial charge in [0, 0.05) is 5.92 Å². The van der Waals surface area contributed by atoms with Crippen molar-refractivity contribution in [2.24, 2.45) is 34.3 Å². The molecular formula is C28H43NO3. The van der Waals surface area contributed by atoms with E-state index in [0.29, 0.717) is 41.6 Å². The topological polar surface area (TPSA) is 69.9 Å². The molecule has 0 aromatic heterocycles. The predicted octanol–water partition coefficient (Wildman–Crippen LogP) is 6.50. The van der Waals surface area contributed by atoms with Crippen LogP contribution >= 0.6 is 0 Å². The van der Waals surface area contributed by atoms with Crippen LogP contribution in [0, 0.1) is 34.0 Å². The smallest absolute Gasteiger partial charge is 0.119 e. The molecule has 0 spiro atoms. The number of rotatable bonds is 6. The molecule has 0 aromatic carbocycles. The summed E-state index contributed by atoms with van der Waals surface area (Å²) in [5.41, 5.74) is 2.79. The van der Waals surface area contributed by atoms with Crippen LogP contribution in [0.3, 0.4) is 0 Å². The van der Waals surface area contributed by atoms with Crippen molar-refractivity contribution in [3.8, 4) is 0 Å². The predicted molar refractivity (Wildman–Crippen MR) is 132 cm³/mol. The molecule has 0 heterocycles. The van der Waals surface area contributed by atoms with Gasteiger partial charge in [-0.1, -0.05) is 68.0 Å². The van der Waals surface area contributed by atoms with E-state index in [2.05, 4.69) is 56.8 Å². The van der Waals surface area contributed by atoms with Gasteiger partial charge in [0.25, 0.3) is 0 Å². The quantitative estimate of drug-likeness (QED) is 0.365. The SMILES string of the molecule is C=C1C(O)C/C(=C\C=C2/CCC[C@]3(C)C([C@H](C)/C=C/C(C)C(C)(C)O)CC[C@@H]23)C[C@H]1N=O. The fourth-order valence-electron chi connectivity index (χ4n) is 6.39. The van der Waals surface area contributed by atoms with E-state index in [1.807, 2.05) is 13.8 Å². The number of hydrogen-bond acceptors (Lipinski definition) is 4. The molecule has 4 nitrogen and oxygen atoms in total. The average molecular weight is 442 g/mol. The maximum absolute atomic E-state index is 11.1. The summed E-state index contributed by atoms with van der Waals surface area (Å²) in [6.07, 6.45) is 15.5. The van der Waals surface area contributed by atoms with Gasteiger partial charge in [0.05, 0.1) is 11.7 Å². The van der Waals surface area contributed by atoms with Gasteiger partial charge in [-0.15, -0.1) is 0 Å². The van der Waals surface area contributed by atoms with Gasteiger partial charge in [-0.3, -0.25) is 0 Å². The third kappa shape index (κ3) is 5.17. The summed E-state index contributed by atoms with van der Waals surface area (Å²) in [6.45, 7) is 14.5. The Morgan fingerprint density at radius 2 is 1.91 bits per heavy atom. The number of nitroso groups, excluding NO2 is 1.